The number of anilines is 1. The first-order valence-electron chi connectivity index (χ1n) is 9.53. The summed E-state index contributed by atoms with van der Waals surface area (Å²) in [4.78, 5) is 28.0. The Morgan fingerprint density at radius 1 is 1.09 bits per heavy atom. The molecule has 0 bridgehead atoms. The number of nitrogens with two attached hydrogens (primary N) is 1. The summed E-state index contributed by atoms with van der Waals surface area (Å²) in [6, 6.07) is 14.6. The van der Waals surface area contributed by atoms with Crippen molar-refractivity contribution in [3.05, 3.63) is 81.3 Å². The number of aromatic nitrogens is 3. The maximum atomic E-state index is 12.7. The van der Waals surface area contributed by atoms with E-state index < -0.39 is 11.6 Å². The van der Waals surface area contributed by atoms with Gasteiger partial charge in [-0.1, -0.05) is 15.9 Å². The molecule has 0 radical (unpaired) electrons. The molecule has 0 aliphatic heterocycles. The van der Waals surface area contributed by atoms with E-state index in [1.54, 1.807) is 24.3 Å². The first kappa shape index (κ1) is 20.5. The highest BCUT2D eigenvalue weighted by molar-refractivity contribution is 9.10. The van der Waals surface area contributed by atoms with Gasteiger partial charge in [0.2, 0.25) is 0 Å². The SMILES string of the molecule is Nc1nn2c(-c3cc4cc(Br)ccc4oc3=O)ccnc2c1N=Nc1ccc(C(=O)O)cc1. The lowest BCUT2D eigenvalue weighted by Crippen LogP contribution is -2.07. The highest BCUT2D eigenvalue weighted by atomic mass is 79.9. The Morgan fingerprint density at radius 2 is 1.88 bits per heavy atom. The number of benzene rings is 2. The maximum Gasteiger partial charge on any atom is 0.345 e. The van der Waals surface area contributed by atoms with Crippen LogP contribution < -0.4 is 11.4 Å². The number of rotatable bonds is 4. The number of carboxylic acids is 1. The van der Waals surface area contributed by atoms with Crippen LogP contribution in [0.3, 0.4) is 0 Å². The summed E-state index contributed by atoms with van der Waals surface area (Å²) in [6.07, 6.45) is 1.51. The number of nitrogens with zero attached hydrogens (tertiary/aromatic N) is 5. The molecule has 0 unspecified atom stereocenters. The van der Waals surface area contributed by atoms with Gasteiger partial charge < -0.3 is 15.3 Å². The standard InChI is InChI=1S/C22H13BrN6O4/c23-13-3-6-17-12(9-13)10-15(22(32)33-17)16-7-8-25-20-18(19(24)28-29(16)20)27-26-14-4-1-11(2-5-14)21(30)31/h1-10H,(H2,24,28)(H,30,31). The summed E-state index contributed by atoms with van der Waals surface area (Å²) < 4.78 is 7.72. The molecule has 33 heavy (non-hydrogen) atoms. The highest BCUT2D eigenvalue weighted by Crippen LogP contribution is 2.31. The minimum absolute atomic E-state index is 0.0637. The van der Waals surface area contributed by atoms with Gasteiger partial charge in [0.25, 0.3) is 0 Å². The average molecular weight is 505 g/mol. The number of carboxylic acid groups (broad SMARTS) is 1. The largest absolute Gasteiger partial charge is 0.478 e. The summed E-state index contributed by atoms with van der Waals surface area (Å²) in [6.45, 7) is 0. The van der Waals surface area contributed by atoms with Gasteiger partial charge in [0.15, 0.2) is 17.2 Å². The zero-order valence-corrected chi connectivity index (χ0v) is 18.2. The number of hydrogen-bond acceptors (Lipinski definition) is 8. The van der Waals surface area contributed by atoms with E-state index >= 15 is 0 Å². The first-order valence-corrected chi connectivity index (χ1v) is 10.3. The molecule has 0 spiro atoms. The molecule has 0 amide bonds. The Kier molecular flexibility index (Phi) is 4.94. The summed E-state index contributed by atoms with van der Waals surface area (Å²) >= 11 is 3.42. The van der Waals surface area contributed by atoms with Crippen LogP contribution in [0.15, 0.2) is 84.7 Å². The number of hydrogen-bond donors (Lipinski definition) is 2. The van der Waals surface area contributed by atoms with E-state index in [-0.39, 0.29) is 22.6 Å². The Balaban J connectivity index is 1.61. The molecular formula is C22H13BrN6O4. The lowest BCUT2D eigenvalue weighted by atomic mass is 10.1. The number of aromatic carboxylic acids is 1. The molecule has 0 aliphatic carbocycles. The Labute approximate surface area is 193 Å². The van der Waals surface area contributed by atoms with Crippen LogP contribution in [-0.2, 0) is 0 Å². The topological polar surface area (TPSA) is 148 Å². The van der Waals surface area contributed by atoms with Crippen LogP contribution in [0, 0.1) is 0 Å². The molecule has 3 heterocycles. The third-order valence-electron chi connectivity index (χ3n) is 4.87. The van der Waals surface area contributed by atoms with Gasteiger partial charge in [-0.25, -0.2) is 19.1 Å². The summed E-state index contributed by atoms with van der Waals surface area (Å²) in [7, 11) is 0. The van der Waals surface area contributed by atoms with E-state index in [2.05, 4.69) is 36.2 Å². The smallest absolute Gasteiger partial charge is 0.345 e. The van der Waals surface area contributed by atoms with Crippen molar-refractivity contribution in [3.8, 4) is 11.3 Å². The molecule has 0 saturated carbocycles. The molecular weight excluding hydrogens is 492 g/mol. The molecule has 0 saturated heterocycles. The van der Waals surface area contributed by atoms with Gasteiger partial charge in [-0.2, -0.15) is 5.11 Å². The molecule has 10 nitrogen and oxygen atoms in total. The third kappa shape index (κ3) is 3.74. The summed E-state index contributed by atoms with van der Waals surface area (Å²) in [5.41, 5.74) is 7.77. The number of fused-ring (bicyclic) bond motifs is 2. The van der Waals surface area contributed by atoms with Crippen LogP contribution in [0.5, 0.6) is 0 Å². The van der Waals surface area contributed by atoms with Gasteiger partial charge >= 0.3 is 11.6 Å². The maximum absolute atomic E-state index is 12.7. The third-order valence-corrected chi connectivity index (χ3v) is 5.36. The lowest BCUT2D eigenvalue weighted by Gasteiger charge is -2.05. The zero-order valence-electron chi connectivity index (χ0n) is 16.6. The van der Waals surface area contributed by atoms with Crippen LogP contribution in [0.1, 0.15) is 10.4 Å². The van der Waals surface area contributed by atoms with E-state index in [9.17, 15) is 9.59 Å². The Hall–Kier alpha value is -4.38. The quantitative estimate of drug-likeness (QED) is 0.259. The first-order chi connectivity index (χ1) is 15.9. The predicted molar refractivity (Wildman–Crippen MR) is 124 cm³/mol. The van der Waals surface area contributed by atoms with Crippen molar-refractivity contribution in [1.29, 1.82) is 0 Å². The molecule has 5 rings (SSSR count). The second-order valence-electron chi connectivity index (χ2n) is 6.98. The van der Waals surface area contributed by atoms with E-state index in [1.807, 2.05) is 6.07 Å². The van der Waals surface area contributed by atoms with Crippen molar-refractivity contribution in [1.82, 2.24) is 14.6 Å². The van der Waals surface area contributed by atoms with Crippen molar-refractivity contribution in [2.75, 3.05) is 5.73 Å². The molecule has 0 atom stereocenters. The number of carbonyl (C=O) groups is 1. The zero-order chi connectivity index (χ0) is 23.1. The molecule has 11 heteroatoms. The second-order valence-corrected chi connectivity index (χ2v) is 7.90. The van der Waals surface area contributed by atoms with Crippen molar-refractivity contribution < 1.29 is 14.3 Å². The molecule has 3 aromatic heterocycles. The van der Waals surface area contributed by atoms with Gasteiger partial charge in [-0.15, -0.1) is 10.2 Å². The van der Waals surface area contributed by atoms with Gasteiger partial charge in [0.1, 0.15) is 5.58 Å². The van der Waals surface area contributed by atoms with E-state index in [0.29, 0.717) is 22.6 Å². The molecule has 162 valence electrons. The van der Waals surface area contributed by atoms with Crippen LogP contribution in [0.25, 0.3) is 27.9 Å². The molecule has 0 aliphatic rings. The number of halogens is 1. The fourth-order valence-corrected chi connectivity index (χ4v) is 3.68. The van der Waals surface area contributed by atoms with Crippen LogP contribution in [-0.4, -0.2) is 25.7 Å². The van der Waals surface area contributed by atoms with Gasteiger partial charge in [-0.05, 0) is 54.6 Å². The summed E-state index contributed by atoms with van der Waals surface area (Å²) in [5, 5.41) is 22.3. The molecule has 2 aromatic carbocycles. The Morgan fingerprint density at radius 3 is 2.64 bits per heavy atom. The minimum Gasteiger partial charge on any atom is -0.478 e. The van der Waals surface area contributed by atoms with Crippen LogP contribution in [0.4, 0.5) is 17.2 Å². The average Bonchev–Trinajstić information content (AvgIpc) is 3.13. The van der Waals surface area contributed by atoms with Crippen molar-refractivity contribution >= 4 is 55.7 Å². The number of azo groups is 1. The molecule has 5 aromatic rings. The predicted octanol–water partition coefficient (Wildman–Crippen LogP) is 4.96. The van der Waals surface area contributed by atoms with Gasteiger partial charge in [-0.3, -0.25) is 0 Å². The normalized spacial score (nSPS) is 11.5. The van der Waals surface area contributed by atoms with Crippen LogP contribution >= 0.6 is 15.9 Å². The Bertz CT molecular complexity index is 1640. The van der Waals surface area contributed by atoms with E-state index in [0.717, 1.165) is 9.86 Å². The van der Waals surface area contributed by atoms with Crippen molar-refractivity contribution in [2.45, 2.75) is 0 Å². The van der Waals surface area contributed by atoms with Crippen LogP contribution in [0.2, 0.25) is 0 Å². The minimum atomic E-state index is -1.03. The highest BCUT2D eigenvalue weighted by Gasteiger charge is 2.18. The van der Waals surface area contributed by atoms with E-state index in [4.69, 9.17) is 15.3 Å². The van der Waals surface area contributed by atoms with Gasteiger partial charge in [0, 0.05) is 16.1 Å². The molecule has 0 fully saturated rings. The fourth-order valence-electron chi connectivity index (χ4n) is 3.30. The fraction of sp³-hybridized carbons (Fsp3) is 0. The van der Waals surface area contributed by atoms with E-state index in [1.165, 1.54) is 35.0 Å². The monoisotopic (exact) mass is 504 g/mol. The second kappa shape index (κ2) is 7.95. The lowest BCUT2D eigenvalue weighted by molar-refractivity contribution is 0.0697. The van der Waals surface area contributed by atoms with Crippen molar-refractivity contribution in [3.63, 3.8) is 0 Å². The number of nitrogen functional groups attached to an aromatic ring is 1. The van der Waals surface area contributed by atoms with Crippen molar-refractivity contribution in [2.24, 2.45) is 10.2 Å². The summed E-state index contributed by atoms with van der Waals surface area (Å²) in [5.74, 6) is -0.971. The molecule has 3 N–H and O–H groups in total. The van der Waals surface area contributed by atoms with Gasteiger partial charge in [0.05, 0.1) is 22.5 Å².